The van der Waals surface area contributed by atoms with Crippen LogP contribution in [0.1, 0.15) is 57.3 Å². The van der Waals surface area contributed by atoms with Gasteiger partial charge in [-0.25, -0.2) is 13.8 Å². The third-order valence-electron chi connectivity index (χ3n) is 10.4. The molecule has 7 rings (SSSR count). The van der Waals surface area contributed by atoms with Crippen molar-refractivity contribution in [1.29, 1.82) is 5.26 Å². The lowest BCUT2D eigenvalue weighted by atomic mass is 9.90. The molecule has 0 aliphatic carbocycles. The Hall–Kier alpha value is -4.06. The van der Waals surface area contributed by atoms with Gasteiger partial charge in [0.2, 0.25) is 5.88 Å². The van der Waals surface area contributed by atoms with Crippen LogP contribution in [0.25, 0.3) is 43.7 Å². The van der Waals surface area contributed by atoms with E-state index in [2.05, 4.69) is 61.7 Å². The van der Waals surface area contributed by atoms with Gasteiger partial charge < -0.3 is 14.6 Å². The van der Waals surface area contributed by atoms with Crippen LogP contribution in [-0.4, -0.2) is 52.8 Å². The number of likely N-dealkylation sites (N-methyl/N-ethyl adjacent to an activating group) is 1. The number of pyridine rings is 1. The molecule has 6 nitrogen and oxygen atoms in total. The van der Waals surface area contributed by atoms with Gasteiger partial charge in [0, 0.05) is 41.7 Å². The van der Waals surface area contributed by atoms with Crippen molar-refractivity contribution in [2.24, 2.45) is 5.92 Å². The van der Waals surface area contributed by atoms with E-state index in [0.29, 0.717) is 45.7 Å². The summed E-state index contributed by atoms with van der Waals surface area (Å²) in [4.78, 5) is 7.31. The molecule has 0 spiro atoms. The summed E-state index contributed by atoms with van der Waals surface area (Å²) in [5.41, 5.74) is 3.86. The molecule has 0 radical (unpaired) electrons. The van der Waals surface area contributed by atoms with Crippen molar-refractivity contribution in [1.82, 2.24) is 19.8 Å². The molecule has 0 bridgehead atoms. The van der Waals surface area contributed by atoms with Gasteiger partial charge in [-0.1, -0.05) is 31.2 Å². The predicted octanol–water partition coefficient (Wildman–Crippen LogP) is 8.08. The highest BCUT2D eigenvalue weighted by Crippen LogP contribution is 2.44. The highest BCUT2D eigenvalue weighted by Gasteiger charge is 2.35. The van der Waals surface area contributed by atoms with Crippen LogP contribution in [0.4, 0.5) is 8.78 Å². The van der Waals surface area contributed by atoms with Crippen molar-refractivity contribution in [2.75, 3.05) is 20.1 Å². The van der Waals surface area contributed by atoms with Gasteiger partial charge in [0.15, 0.2) is 5.82 Å². The van der Waals surface area contributed by atoms with Crippen LogP contribution in [0.15, 0.2) is 48.5 Å². The maximum atomic E-state index is 17.4. The second-order valence-electron chi connectivity index (χ2n) is 13.5. The molecule has 0 saturated carbocycles. The number of aromatic nitrogens is 2. The molecular formula is C38H41F2N5O. The van der Waals surface area contributed by atoms with Gasteiger partial charge in [0.25, 0.3) is 0 Å². The summed E-state index contributed by atoms with van der Waals surface area (Å²) in [7, 11) is 2.12. The molecule has 2 fully saturated rings. The van der Waals surface area contributed by atoms with Gasteiger partial charge in [-0.2, -0.15) is 5.26 Å². The van der Waals surface area contributed by atoms with Crippen molar-refractivity contribution in [3.8, 4) is 23.1 Å². The number of hydrogen-bond donors (Lipinski definition) is 1. The predicted molar refractivity (Wildman–Crippen MR) is 180 cm³/mol. The minimum absolute atomic E-state index is 0.145. The summed E-state index contributed by atoms with van der Waals surface area (Å²) in [6, 6.07) is 17.2. The lowest BCUT2D eigenvalue weighted by Crippen LogP contribution is -2.38. The zero-order valence-electron chi connectivity index (χ0n) is 27.2. The first-order valence-corrected chi connectivity index (χ1v) is 16.5. The zero-order chi connectivity index (χ0) is 32.3. The van der Waals surface area contributed by atoms with E-state index in [1.165, 1.54) is 12.1 Å². The van der Waals surface area contributed by atoms with Crippen LogP contribution in [0.3, 0.4) is 0 Å². The SMILES string of the molecule is Cc1cc2c(O[C@@H](C)[C@@H]3CCCN3C)nc3c(F)c(-c4cccc5ccc(F)cc45)c(CCC#N)cc3c2n1[C@H]1[C@H](C)CN[C@@H]1C. The fraction of sp³-hybridized carbons (Fsp3) is 0.421. The molecule has 2 aromatic heterocycles. The van der Waals surface area contributed by atoms with Crippen molar-refractivity contribution in [3.05, 3.63) is 71.4 Å². The largest absolute Gasteiger partial charge is 0.472 e. The summed E-state index contributed by atoms with van der Waals surface area (Å²) in [6.45, 7) is 10.6. The molecule has 3 aromatic carbocycles. The second kappa shape index (κ2) is 11.9. The monoisotopic (exact) mass is 621 g/mol. The standard InChI is InChI=1S/C38H41F2N5O/c1-21-20-42-23(3)36(21)45-22(2)17-31-37(45)30-18-26(10-7-15-41)33(28-11-6-9-25-13-14-27(39)19-29(25)28)34(40)35(30)43-38(31)46-24(4)32-12-8-16-44(32)5/h6,9,11,13-14,17-19,21,23-24,32,36,42H,7-8,10,12,16,20H2,1-5H3/t21-,23-,24+,32+,36+/m1/s1. The Morgan fingerprint density at radius 2 is 1.93 bits per heavy atom. The number of aryl methyl sites for hydroxylation is 2. The summed E-state index contributed by atoms with van der Waals surface area (Å²) < 4.78 is 41.1. The highest BCUT2D eigenvalue weighted by molar-refractivity contribution is 6.09. The molecule has 2 saturated heterocycles. The molecule has 5 atom stereocenters. The molecule has 238 valence electrons. The van der Waals surface area contributed by atoms with E-state index in [0.717, 1.165) is 47.9 Å². The van der Waals surface area contributed by atoms with Crippen LogP contribution in [-0.2, 0) is 6.42 Å². The topological polar surface area (TPSA) is 66.1 Å². The first-order valence-electron chi connectivity index (χ1n) is 16.5. The lowest BCUT2D eigenvalue weighted by Gasteiger charge is -2.27. The van der Waals surface area contributed by atoms with E-state index >= 15 is 4.39 Å². The van der Waals surface area contributed by atoms with Crippen LogP contribution in [0.2, 0.25) is 0 Å². The van der Waals surface area contributed by atoms with Crippen molar-refractivity contribution >= 4 is 32.6 Å². The number of hydrogen-bond acceptors (Lipinski definition) is 5. The smallest absolute Gasteiger partial charge is 0.223 e. The summed E-state index contributed by atoms with van der Waals surface area (Å²) in [5, 5.41) is 16.2. The quantitative estimate of drug-likeness (QED) is 0.199. The number of benzene rings is 3. The first-order chi connectivity index (χ1) is 22.2. The van der Waals surface area contributed by atoms with Crippen LogP contribution in [0.5, 0.6) is 5.88 Å². The van der Waals surface area contributed by atoms with Crippen LogP contribution in [0, 0.1) is 35.8 Å². The Morgan fingerprint density at radius 3 is 2.65 bits per heavy atom. The van der Waals surface area contributed by atoms with E-state index < -0.39 is 5.82 Å². The number of fused-ring (bicyclic) bond motifs is 4. The second-order valence-corrected chi connectivity index (χ2v) is 13.5. The molecule has 5 aromatic rings. The molecule has 0 amide bonds. The Morgan fingerprint density at radius 1 is 1.11 bits per heavy atom. The minimum atomic E-state index is -0.476. The summed E-state index contributed by atoms with van der Waals surface area (Å²) in [5.74, 6) is -0.0730. The zero-order valence-corrected chi connectivity index (χ0v) is 27.2. The number of rotatable bonds is 7. The number of ether oxygens (including phenoxy) is 1. The van der Waals surface area contributed by atoms with Crippen LogP contribution >= 0.6 is 0 Å². The molecule has 2 aliphatic heterocycles. The number of nitrogens with zero attached hydrogens (tertiary/aromatic N) is 4. The van der Waals surface area contributed by atoms with Gasteiger partial charge in [-0.15, -0.1) is 0 Å². The third kappa shape index (κ3) is 5.01. The van der Waals surface area contributed by atoms with Crippen molar-refractivity contribution < 1.29 is 13.5 Å². The van der Waals surface area contributed by atoms with E-state index in [9.17, 15) is 9.65 Å². The normalized spacial score (nSPS) is 22.7. The summed E-state index contributed by atoms with van der Waals surface area (Å²) in [6.07, 6.45) is 2.59. The fourth-order valence-electron chi connectivity index (χ4n) is 8.22. The Balaban J connectivity index is 1.55. The van der Waals surface area contributed by atoms with Gasteiger partial charge in [-0.3, -0.25) is 4.90 Å². The molecule has 2 aliphatic rings. The molecule has 1 N–H and O–H groups in total. The molecule has 46 heavy (non-hydrogen) atoms. The van der Waals surface area contributed by atoms with E-state index in [1.54, 1.807) is 6.07 Å². The Bertz CT molecular complexity index is 2000. The lowest BCUT2D eigenvalue weighted by molar-refractivity contribution is 0.119. The maximum Gasteiger partial charge on any atom is 0.223 e. The van der Waals surface area contributed by atoms with Crippen LogP contribution < -0.4 is 10.1 Å². The van der Waals surface area contributed by atoms with Gasteiger partial charge in [0.05, 0.1) is 23.0 Å². The Kier molecular flexibility index (Phi) is 7.94. The first kappa shape index (κ1) is 30.6. The Labute approximate surface area is 269 Å². The average molecular weight is 622 g/mol. The van der Waals surface area contributed by atoms with Gasteiger partial charge in [0.1, 0.15) is 17.4 Å². The van der Waals surface area contributed by atoms with Crippen molar-refractivity contribution in [3.63, 3.8) is 0 Å². The van der Waals surface area contributed by atoms with Gasteiger partial charge >= 0.3 is 0 Å². The number of halogens is 2. The molecular weight excluding hydrogens is 580 g/mol. The average Bonchev–Trinajstić information content (AvgIpc) is 3.72. The summed E-state index contributed by atoms with van der Waals surface area (Å²) >= 11 is 0. The minimum Gasteiger partial charge on any atom is -0.472 e. The fourth-order valence-corrected chi connectivity index (χ4v) is 8.22. The molecule has 8 heteroatoms. The molecule has 4 heterocycles. The van der Waals surface area contributed by atoms with Gasteiger partial charge in [-0.05, 0) is 106 Å². The van der Waals surface area contributed by atoms with E-state index in [4.69, 9.17) is 9.72 Å². The maximum absolute atomic E-state index is 17.4. The highest BCUT2D eigenvalue weighted by atomic mass is 19.1. The van der Waals surface area contributed by atoms with Crippen molar-refractivity contribution in [2.45, 2.75) is 77.6 Å². The van der Waals surface area contributed by atoms with E-state index in [-0.39, 0.29) is 42.0 Å². The molecule has 0 unspecified atom stereocenters. The number of nitrogens with one attached hydrogen (secondary N) is 1. The van der Waals surface area contributed by atoms with E-state index in [1.807, 2.05) is 24.3 Å². The number of nitriles is 1. The number of likely N-dealkylation sites (tertiary alicyclic amines) is 1. The third-order valence-corrected chi connectivity index (χ3v) is 10.4.